The third-order valence-corrected chi connectivity index (χ3v) is 0. The molecular formula is CBNa2O2. The van der Waals surface area contributed by atoms with Crippen molar-refractivity contribution in [3.05, 3.63) is 0 Å². The molecule has 2 nitrogen and oxygen atoms in total. The minimum Gasteiger partial charge on any atom is -0.605 e. The van der Waals surface area contributed by atoms with Crippen molar-refractivity contribution in [3.63, 3.8) is 0 Å². The van der Waals surface area contributed by atoms with Gasteiger partial charge in [-0.05, 0) is 0 Å². The number of carbonyl (C=O) groups is 1. The quantitative estimate of drug-likeness (QED) is 0.284. The zero-order valence-corrected chi connectivity index (χ0v) is 7.89. The van der Waals surface area contributed by atoms with E-state index in [9.17, 15) is 0 Å². The van der Waals surface area contributed by atoms with Crippen molar-refractivity contribution in [3.8, 4) is 0 Å². The average molecular weight is 101 g/mol. The minimum atomic E-state index is -1.58. The van der Waals surface area contributed by atoms with Crippen molar-refractivity contribution in [2.24, 2.45) is 0 Å². The molecule has 0 aliphatic carbocycles. The Morgan fingerprint density at radius 2 is 1.50 bits per heavy atom. The van der Waals surface area contributed by atoms with Crippen molar-refractivity contribution in [1.29, 1.82) is 0 Å². The molecule has 0 unspecified atom stereocenters. The molecule has 0 amide bonds. The van der Waals surface area contributed by atoms with Gasteiger partial charge in [-0.2, -0.15) is 0 Å². The zero-order valence-electron chi connectivity index (χ0n) is 3.89. The molecule has 0 spiro atoms. The van der Waals surface area contributed by atoms with Crippen molar-refractivity contribution in [1.82, 2.24) is 0 Å². The summed E-state index contributed by atoms with van der Waals surface area (Å²) < 4.78 is 0. The molecule has 0 saturated heterocycles. The Kier molecular flexibility index (Phi) is 25.4. The van der Waals surface area contributed by atoms with Gasteiger partial charge in [0.1, 0.15) is 0 Å². The van der Waals surface area contributed by atoms with E-state index in [0.29, 0.717) is 0 Å². The smallest absolute Gasteiger partial charge is 0.605 e. The summed E-state index contributed by atoms with van der Waals surface area (Å²) in [6.07, 6.45) is 0. The van der Waals surface area contributed by atoms with Crippen molar-refractivity contribution in [2.75, 3.05) is 0 Å². The van der Waals surface area contributed by atoms with E-state index in [2.05, 4.69) is 7.85 Å². The van der Waals surface area contributed by atoms with Gasteiger partial charge < -0.3 is 17.7 Å². The van der Waals surface area contributed by atoms with Crippen molar-refractivity contribution < 1.29 is 69.0 Å². The third kappa shape index (κ3) is 48.3. The van der Waals surface area contributed by atoms with Crippen molar-refractivity contribution in [2.45, 2.75) is 0 Å². The van der Waals surface area contributed by atoms with E-state index in [1.165, 1.54) is 0 Å². The number of carboxylic acid groups (broad SMARTS) is 1. The summed E-state index contributed by atoms with van der Waals surface area (Å²) in [6.45, 7) is 0. The van der Waals surface area contributed by atoms with Gasteiger partial charge in [-0.3, -0.25) is 0 Å². The molecule has 0 atom stereocenters. The molecule has 5 heteroatoms. The Labute approximate surface area is 81.7 Å². The van der Waals surface area contributed by atoms with Gasteiger partial charge in [0.2, 0.25) is 0 Å². The first-order chi connectivity index (χ1) is 1.73. The molecular weight excluding hydrogens is 101 g/mol. The van der Waals surface area contributed by atoms with Crippen LogP contribution in [0.25, 0.3) is 0 Å². The van der Waals surface area contributed by atoms with E-state index in [1.807, 2.05) is 0 Å². The first kappa shape index (κ1) is 15.6. The predicted molar refractivity (Wildman–Crippen MR) is 11.1 cm³/mol. The molecule has 3 radical (unpaired) electrons. The molecule has 0 aromatic rings. The Morgan fingerprint density at radius 1 is 1.50 bits per heavy atom. The first-order valence-electron chi connectivity index (χ1n) is 0.697. The molecule has 0 aromatic carbocycles. The number of carbonyl (C=O) groups excluding carboxylic acids is 1. The molecule has 0 N–H and O–H groups in total. The van der Waals surface area contributed by atoms with Crippen LogP contribution in [-0.2, 0) is 0 Å². The molecule has 0 bridgehead atoms. The first-order valence-corrected chi connectivity index (χ1v) is 0.697. The maximum Gasteiger partial charge on any atom is 1.00 e. The van der Waals surface area contributed by atoms with Gasteiger partial charge in [0.25, 0.3) is 0 Å². The summed E-state index contributed by atoms with van der Waals surface area (Å²) in [5, 5.41) is 8.67. The molecule has 0 fully saturated rings. The molecule has 0 rings (SSSR count). The standard InChI is InChI=1S/CHBO2.2Na/c2-1(3)4;;/h(H,3,4);;/q-1;2*+1/p-1. The fourth-order valence-electron chi connectivity index (χ4n) is 0. The molecule has 0 heterocycles. The number of hydrogen-bond acceptors (Lipinski definition) is 2. The Hall–Kier alpha value is 1.53. The van der Waals surface area contributed by atoms with Gasteiger partial charge in [-0.25, -0.2) is 5.87 Å². The molecule has 0 saturated carbocycles. The zero-order chi connectivity index (χ0) is 3.58. The largest absolute Gasteiger partial charge is 1.00 e. The van der Waals surface area contributed by atoms with Crippen LogP contribution >= 0.6 is 0 Å². The number of hydrogen-bond donors (Lipinski definition) is 0. The second-order valence-electron chi connectivity index (χ2n) is 0.319. The Balaban J connectivity index is -0.0000000450. The normalized spacial score (nSPS) is 4.17. The van der Waals surface area contributed by atoms with E-state index < -0.39 is 5.87 Å². The SMILES string of the molecule is [B-]C(=O)[O-].[Na+].[Na+]. The van der Waals surface area contributed by atoms with Crippen LogP contribution in [-0.4, -0.2) is 13.7 Å². The van der Waals surface area contributed by atoms with Gasteiger partial charge in [0.15, 0.2) is 0 Å². The van der Waals surface area contributed by atoms with Crippen LogP contribution in [0.1, 0.15) is 0 Å². The molecule has 0 aromatic heterocycles. The van der Waals surface area contributed by atoms with Crippen LogP contribution in [0.2, 0.25) is 0 Å². The Morgan fingerprint density at radius 3 is 1.50 bits per heavy atom. The van der Waals surface area contributed by atoms with Crippen LogP contribution < -0.4 is 64.2 Å². The monoisotopic (exact) mass is 101 g/mol. The van der Waals surface area contributed by atoms with Crippen LogP contribution in [0.4, 0.5) is 4.79 Å². The summed E-state index contributed by atoms with van der Waals surface area (Å²) in [5.41, 5.74) is 0. The second kappa shape index (κ2) is 9.73. The summed E-state index contributed by atoms with van der Waals surface area (Å²) >= 11 is 0. The van der Waals surface area contributed by atoms with Gasteiger partial charge >= 0.3 is 59.1 Å². The predicted octanol–water partition coefficient (Wildman–Crippen LogP) is -7.49. The van der Waals surface area contributed by atoms with Crippen LogP contribution in [0, 0.1) is 0 Å². The average Bonchev–Trinajstić information content (AvgIpc) is 0.811. The van der Waals surface area contributed by atoms with Gasteiger partial charge in [-0.1, -0.05) is 0 Å². The van der Waals surface area contributed by atoms with E-state index in [4.69, 9.17) is 9.90 Å². The Bertz CT molecular complexity index is 34.5. The summed E-state index contributed by atoms with van der Waals surface area (Å²) in [4.78, 5) is 8.67. The van der Waals surface area contributed by atoms with E-state index in [1.54, 1.807) is 0 Å². The molecule has 0 aliphatic heterocycles. The van der Waals surface area contributed by atoms with Gasteiger partial charge in [-0.15, -0.1) is 0 Å². The molecule has 0 aliphatic rings. The van der Waals surface area contributed by atoms with Crippen LogP contribution in [0.3, 0.4) is 0 Å². The minimum absolute atomic E-state index is 0. The van der Waals surface area contributed by atoms with Gasteiger partial charge in [0, 0.05) is 0 Å². The van der Waals surface area contributed by atoms with Gasteiger partial charge in [0.05, 0.1) is 0 Å². The van der Waals surface area contributed by atoms with Crippen LogP contribution in [0.15, 0.2) is 0 Å². The molecule has 6 heavy (non-hydrogen) atoms. The third-order valence-electron chi connectivity index (χ3n) is 0. The fraction of sp³-hybridized carbons (Fsp3) is 0. The summed E-state index contributed by atoms with van der Waals surface area (Å²) in [5.74, 6) is -1.58. The summed E-state index contributed by atoms with van der Waals surface area (Å²) in [7, 11) is 3.92. The summed E-state index contributed by atoms with van der Waals surface area (Å²) in [6, 6.07) is 0. The van der Waals surface area contributed by atoms with E-state index in [0.717, 1.165) is 0 Å². The maximum absolute atomic E-state index is 8.67. The topological polar surface area (TPSA) is 40.1 Å². The fourth-order valence-corrected chi connectivity index (χ4v) is 0. The molecule has 21 valence electrons. The second-order valence-corrected chi connectivity index (χ2v) is 0.319. The number of rotatable bonds is 0. The maximum atomic E-state index is 8.67. The van der Waals surface area contributed by atoms with E-state index >= 15 is 0 Å². The van der Waals surface area contributed by atoms with Crippen LogP contribution in [0.5, 0.6) is 0 Å². The van der Waals surface area contributed by atoms with E-state index in [-0.39, 0.29) is 59.1 Å². The van der Waals surface area contributed by atoms with Crippen molar-refractivity contribution >= 4 is 13.7 Å².